The summed E-state index contributed by atoms with van der Waals surface area (Å²) < 4.78 is 0. The zero-order valence-electron chi connectivity index (χ0n) is 10.1. The number of hydrogen-bond acceptors (Lipinski definition) is 1. The van der Waals surface area contributed by atoms with E-state index in [0.29, 0.717) is 5.41 Å². The molecule has 0 saturated carbocycles. The fraction of sp³-hybridized carbons (Fsp3) is 1.00. The van der Waals surface area contributed by atoms with Gasteiger partial charge in [0.25, 0.3) is 0 Å². The maximum Gasteiger partial charge on any atom is 0.00984 e. The van der Waals surface area contributed by atoms with Gasteiger partial charge in [0.2, 0.25) is 0 Å². The van der Waals surface area contributed by atoms with Gasteiger partial charge in [-0.2, -0.15) is 0 Å². The molecular formula is C13H25N. The monoisotopic (exact) mass is 195 g/mol. The SMILES string of the molecule is CC(C)(C)CC1CC2CCCCN2C1. The van der Waals surface area contributed by atoms with Gasteiger partial charge >= 0.3 is 0 Å². The molecule has 1 heteroatoms. The molecule has 0 aromatic heterocycles. The first-order valence-electron chi connectivity index (χ1n) is 6.29. The van der Waals surface area contributed by atoms with Crippen LogP contribution in [0.1, 0.15) is 52.9 Å². The van der Waals surface area contributed by atoms with E-state index in [1.807, 2.05) is 0 Å². The Morgan fingerprint density at radius 3 is 2.64 bits per heavy atom. The molecule has 0 N–H and O–H groups in total. The highest BCUT2D eigenvalue weighted by molar-refractivity contribution is 4.89. The third kappa shape index (κ3) is 2.50. The Hall–Kier alpha value is -0.0400. The lowest BCUT2D eigenvalue weighted by Crippen LogP contribution is -2.34. The normalized spacial score (nSPS) is 34.5. The van der Waals surface area contributed by atoms with Crippen molar-refractivity contribution < 1.29 is 0 Å². The van der Waals surface area contributed by atoms with Crippen molar-refractivity contribution in [2.45, 2.75) is 58.9 Å². The summed E-state index contributed by atoms with van der Waals surface area (Å²) in [6.07, 6.45) is 7.29. The summed E-state index contributed by atoms with van der Waals surface area (Å²) in [6, 6.07) is 0.955. The lowest BCUT2D eigenvalue weighted by Gasteiger charge is -2.28. The zero-order valence-corrected chi connectivity index (χ0v) is 10.1. The van der Waals surface area contributed by atoms with Crippen LogP contribution in [0.4, 0.5) is 0 Å². The highest BCUT2D eigenvalue weighted by Crippen LogP contribution is 2.36. The molecule has 14 heavy (non-hydrogen) atoms. The molecule has 0 spiro atoms. The molecular weight excluding hydrogens is 170 g/mol. The highest BCUT2D eigenvalue weighted by atomic mass is 15.2. The largest absolute Gasteiger partial charge is 0.300 e. The first kappa shape index (κ1) is 10.5. The van der Waals surface area contributed by atoms with E-state index in [4.69, 9.17) is 0 Å². The van der Waals surface area contributed by atoms with Crippen molar-refractivity contribution >= 4 is 0 Å². The van der Waals surface area contributed by atoms with Crippen LogP contribution in [-0.2, 0) is 0 Å². The van der Waals surface area contributed by atoms with Crippen molar-refractivity contribution in [2.24, 2.45) is 11.3 Å². The summed E-state index contributed by atoms with van der Waals surface area (Å²) in [6.45, 7) is 9.91. The molecule has 2 atom stereocenters. The van der Waals surface area contributed by atoms with Crippen LogP contribution in [0.25, 0.3) is 0 Å². The first-order chi connectivity index (χ1) is 6.54. The lowest BCUT2D eigenvalue weighted by molar-refractivity contribution is 0.194. The quantitative estimate of drug-likeness (QED) is 0.620. The molecule has 2 saturated heterocycles. The van der Waals surface area contributed by atoms with Crippen LogP contribution in [0.2, 0.25) is 0 Å². The second-order valence-electron chi connectivity index (χ2n) is 6.51. The minimum Gasteiger partial charge on any atom is -0.300 e. The minimum atomic E-state index is 0.527. The van der Waals surface area contributed by atoms with E-state index in [-0.39, 0.29) is 0 Å². The van der Waals surface area contributed by atoms with Gasteiger partial charge in [-0.25, -0.2) is 0 Å². The van der Waals surface area contributed by atoms with Crippen LogP contribution in [-0.4, -0.2) is 24.0 Å². The molecule has 0 bridgehead atoms. The average Bonchev–Trinajstić information content (AvgIpc) is 2.42. The number of piperidine rings is 1. The predicted molar refractivity (Wildman–Crippen MR) is 61.4 cm³/mol. The van der Waals surface area contributed by atoms with Gasteiger partial charge in [0.1, 0.15) is 0 Å². The van der Waals surface area contributed by atoms with Gasteiger partial charge in [0.05, 0.1) is 0 Å². The molecule has 82 valence electrons. The Labute approximate surface area is 88.9 Å². The highest BCUT2D eigenvalue weighted by Gasteiger charge is 2.34. The second kappa shape index (κ2) is 3.84. The minimum absolute atomic E-state index is 0.527. The molecule has 0 aromatic carbocycles. The number of fused-ring (bicyclic) bond motifs is 1. The van der Waals surface area contributed by atoms with Crippen molar-refractivity contribution in [1.29, 1.82) is 0 Å². The number of hydrogen-bond donors (Lipinski definition) is 0. The Bertz CT molecular complexity index is 178. The van der Waals surface area contributed by atoms with Gasteiger partial charge in [-0.1, -0.05) is 27.2 Å². The molecule has 2 rings (SSSR count). The van der Waals surface area contributed by atoms with Crippen molar-refractivity contribution in [1.82, 2.24) is 4.90 Å². The molecule has 2 aliphatic rings. The van der Waals surface area contributed by atoms with E-state index in [0.717, 1.165) is 12.0 Å². The number of rotatable bonds is 1. The predicted octanol–water partition coefficient (Wildman–Crippen LogP) is 3.30. The molecule has 2 heterocycles. The summed E-state index contributed by atoms with van der Waals surface area (Å²) in [5.41, 5.74) is 0.527. The van der Waals surface area contributed by atoms with Crippen LogP contribution < -0.4 is 0 Å². The third-order valence-corrected chi connectivity index (χ3v) is 3.75. The molecule has 0 radical (unpaired) electrons. The first-order valence-corrected chi connectivity index (χ1v) is 6.29. The van der Waals surface area contributed by atoms with E-state index >= 15 is 0 Å². The standard InChI is InChI=1S/C13H25N/c1-13(2,3)9-11-8-12-6-4-5-7-14(12)10-11/h11-12H,4-10H2,1-3H3. The fourth-order valence-electron chi connectivity index (χ4n) is 3.37. The van der Waals surface area contributed by atoms with Crippen molar-refractivity contribution in [3.8, 4) is 0 Å². The maximum absolute atomic E-state index is 2.75. The summed E-state index contributed by atoms with van der Waals surface area (Å²) in [7, 11) is 0. The Morgan fingerprint density at radius 1 is 1.21 bits per heavy atom. The third-order valence-electron chi connectivity index (χ3n) is 3.75. The molecule has 0 aromatic rings. The molecule has 2 unspecified atom stereocenters. The van der Waals surface area contributed by atoms with Gasteiger partial charge in [-0.3, -0.25) is 0 Å². The maximum atomic E-state index is 2.75. The Kier molecular flexibility index (Phi) is 2.88. The number of nitrogens with zero attached hydrogens (tertiary/aromatic N) is 1. The van der Waals surface area contributed by atoms with E-state index in [9.17, 15) is 0 Å². The van der Waals surface area contributed by atoms with Crippen LogP contribution >= 0.6 is 0 Å². The summed E-state index contributed by atoms with van der Waals surface area (Å²) in [4.78, 5) is 2.75. The van der Waals surface area contributed by atoms with Crippen LogP contribution in [0.15, 0.2) is 0 Å². The molecule has 0 aliphatic carbocycles. The Morgan fingerprint density at radius 2 is 2.00 bits per heavy atom. The van der Waals surface area contributed by atoms with Gasteiger partial charge in [-0.15, -0.1) is 0 Å². The Balaban J connectivity index is 1.87. The van der Waals surface area contributed by atoms with Gasteiger partial charge in [0, 0.05) is 12.6 Å². The second-order valence-corrected chi connectivity index (χ2v) is 6.51. The smallest absolute Gasteiger partial charge is 0.00984 e. The summed E-state index contributed by atoms with van der Waals surface area (Å²) in [5.74, 6) is 0.984. The van der Waals surface area contributed by atoms with Gasteiger partial charge in [0.15, 0.2) is 0 Å². The zero-order chi connectivity index (χ0) is 10.2. The average molecular weight is 195 g/mol. The topological polar surface area (TPSA) is 3.24 Å². The van der Waals surface area contributed by atoms with Crippen molar-refractivity contribution in [2.75, 3.05) is 13.1 Å². The summed E-state index contributed by atoms with van der Waals surface area (Å²) >= 11 is 0. The van der Waals surface area contributed by atoms with Gasteiger partial charge in [-0.05, 0) is 43.6 Å². The molecule has 0 amide bonds. The van der Waals surface area contributed by atoms with Crippen molar-refractivity contribution in [3.05, 3.63) is 0 Å². The van der Waals surface area contributed by atoms with Crippen LogP contribution in [0.3, 0.4) is 0 Å². The lowest BCUT2D eigenvalue weighted by atomic mass is 9.83. The van der Waals surface area contributed by atoms with Gasteiger partial charge < -0.3 is 4.90 Å². The van der Waals surface area contributed by atoms with Crippen molar-refractivity contribution in [3.63, 3.8) is 0 Å². The van der Waals surface area contributed by atoms with E-state index in [2.05, 4.69) is 25.7 Å². The fourth-order valence-corrected chi connectivity index (χ4v) is 3.37. The van der Waals surface area contributed by atoms with E-state index < -0.39 is 0 Å². The van der Waals surface area contributed by atoms with E-state index in [1.54, 1.807) is 0 Å². The molecule has 1 nitrogen and oxygen atoms in total. The van der Waals surface area contributed by atoms with Crippen LogP contribution in [0, 0.1) is 11.3 Å². The molecule has 2 aliphatic heterocycles. The van der Waals surface area contributed by atoms with Crippen LogP contribution in [0.5, 0.6) is 0 Å². The molecule has 2 fully saturated rings. The van der Waals surface area contributed by atoms with E-state index in [1.165, 1.54) is 45.2 Å². The summed E-state index contributed by atoms with van der Waals surface area (Å²) in [5, 5.41) is 0.